The Labute approximate surface area is 180 Å². The minimum atomic E-state index is -0.00344. The summed E-state index contributed by atoms with van der Waals surface area (Å²) in [6, 6.07) is -0.00344. The summed E-state index contributed by atoms with van der Waals surface area (Å²) in [7, 11) is 0. The van der Waals surface area contributed by atoms with E-state index >= 15 is 0 Å². The molecule has 6 nitrogen and oxygen atoms in total. The molecule has 2 aliphatic heterocycles. The van der Waals surface area contributed by atoms with Crippen LogP contribution in [0, 0.1) is 0 Å². The second kappa shape index (κ2) is 12.3. The number of piperazine rings is 1. The van der Waals surface area contributed by atoms with E-state index in [2.05, 4.69) is 42.1 Å². The van der Waals surface area contributed by atoms with E-state index in [1.807, 2.05) is 16.7 Å². The Kier molecular flexibility index (Phi) is 11.2. The number of thioether (sulfide) groups is 1. The normalized spacial score (nSPS) is 21.3. The van der Waals surface area contributed by atoms with Gasteiger partial charge in [0.15, 0.2) is 5.96 Å². The number of aliphatic imine (C=N–C) groups is 1. The lowest BCUT2D eigenvalue weighted by molar-refractivity contribution is -0.135. The third kappa shape index (κ3) is 6.74. The van der Waals surface area contributed by atoms with Crippen LogP contribution in [0.25, 0.3) is 0 Å². The number of halogens is 1. The fourth-order valence-electron chi connectivity index (χ4n) is 3.39. The number of nitrogens with zero attached hydrogens (tertiary/aromatic N) is 4. The molecule has 2 saturated heterocycles. The Morgan fingerprint density at radius 1 is 1.08 bits per heavy atom. The van der Waals surface area contributed by atoms with Crippen LogP contribution in [0.4, 0.5) is 0 Å². The number of hydrogen-bond acceptors (Lipinski definition) is 4. The predicted molar refractivity (Wildman–Crippen MR) is 123 cm³/mol. The van der Waals surface area contributed by atoms with Gasteiger partial charge in [0.25, 0.3) is 0 Å². The SMILES string of the molecule is CCNC(=NCC(C)SC)N1CCN(C(C)C(=O)N2CCCC2)CC1.I. The molecule has 8 heteroatoms. The summed E-state index contributed by atoms with van der Waals surface area (Å²) in [5, 5.41) is 3.95. The first-order valence-electron chi connectivity index (χ1n) is 9.65. The van der Waals surface area contributed by atoms with Gasteiger partial charge in [0.05, 0.1) is 12.6 Å². The second-order valence-corrected chi connectivity index (χ2v) is 8.25. The Balaban J connectivity index is 0.00000338. The summed E-state index contributed by atoms with van der Waals surface area (Å²) in [6.45, 7) is 13.7. The molecule has 0 aliphatic carbocycles. The van der Waals surface area contributed by atoms with E-state index in [0.29, 0.717) is 11.2 Å². The van der Waals surface area contributed by atoms with Gasteiger partial charge < -0.3 is 15.1 Å². The molecular weight excluding hydrogens is 461 g/mol. The zero-order valence-corrected chi connectivity index (χ0v) is 19.9. The quantitative estimate of drug-likeness (QED) is 0.346. The van der Waals surface area contributed by atoms with E-state index < -0.39 is 0 Å². The van der Waals surface area contributed by atoms with Crippen LogP contribution in [0.3, 0.4) is 0 Å². The maximum atomic E-state index is 12.6. The molecule has 2 fully saturated rings. The third-order valence-electron chi connectivity index (χ3n) is 5.17. The number of amides is 1. The van der Waals surface area contributed by atoms with Crippen molar-refractivity contribution in [2.75, 3.05) is 58.6 Å². The van der Waals surface area contributed by atoms with Gasteiger partial charge >= 0.3 is 0 Å². The summed E-state index contributed by atoms with van der Waals surface area (Å²) < 4.78 is 0. The number of nitrogens with one attached hydrogen (secondary N) is 1. The van der Waals surface area contributed by atoms with Crippen LogP contribution in [-0.2, 0) is 4.79 Å². The number of carbonyl (C=O) groups excluding carboxylic acids is 1. The van der Waals surface area contributed by atoms with Crippen LogP contribution in [-0.4, -0.2) is 96.5 Å². The van der Waals surface area contributed by atoms with Crippen molar-refractivity contribution in [1.29, 1.82) is 0 Å². The average Bonchev–Trinajstić information content (AvgIpc) is 3.18. The highest BCUT2D eigenvalue weighted by molar-refractivity contribution is 14.0. The largest absolute Gasteiger partial charge is 0.357 e. The standard InChI is InChI=1S/C18H35N5OS.HI/c1-5-19-18(20-14-15(2)25-4)23-12-10-21(11-13-23)16(3)17(24)22-8-6-7-9-22;/h15-16H,5-14H2,1-4H3,(H,19,20);1H. The molecule has 0 radical (unpaired) electrons. The van der Waals surface area contributed by atoms with Gasteiger partial charge in [-0.05, 0) is 32.9 Å². The highest BCUT2D eigenvalue weighted by Crippen LogP contribution is 2.14. The molecule has 0 saturated carbocycles. The topological polar surface area (TPSA) is 51.2 Å². The summed E-state index contributed by atoms with van der Waals surface area (Å²) >= 11 is 1.85. The van der Waals surface area contributed by atoms with Gasteiger partial charge in [-0.2, -0.15) is 11.8 Å². The van der Waals surface area contributed by atoms with Crippen LogP contribution >= 0.6 is 35.7 Å². The van der Waals surface area contributed by atoms with E-state index in [0.717, 1.165) is 71.2 Å². The Hall–Kier alpha value is -0.220. The molecule has 26 heavy (non-hydrogen) atoms. The molecule has 1 amide bonds. The van der Waals surface area contributed by atoms with E-state index in [9.17, 15) is 4.79 Å². The molecule has 0 spiro atoms. The van der Waals surface area contributed by atoms with Crippen LogP contribution < -0.4 is 5.32 Å². The van der Waals surface area contributed by atoms with E-state index in [-0.39, 0.29) is 30.0 Å². The van der Waals surface area contributed by atoms with Crippen molar-refractivity contribution in [2.45, 2.75) is 44.9 Å². The summed E-state index contributed by atoms with van der Waals surface area (Å²) in [5.41, 5.74) is 0. The summed E-state index contributed by atoms with van der Waals surface area (Å²) in [6.07, 6.45) is 4.44. The first-order chi connectivity index (χ1) is 12.1. The second-order valence-electron chi connectivity index (χ2n) is 6.97. The summed E-state index contributed by atoms with van der Waals surface area (Å²) in [5.74, 6) is 1.32. The van der Waals surface area contributed by atoms with Gasteiger partial charge in [0, 0.05) is 51.1 Å². The zero-order valence-electron chi connectivity index (χ0n) is 16.7. The van der Waals surface area contributed by atoms with Crippen LogP contribution in [0.5, 0.6) is 0 Å². The molecule has 2 heterocycles. The van der Waals surface area contributed by atoms with E-state index in [1.54, 1.807) is 0 Å². The maximum absolute atomic E-state index is 12.6. The first kappa shape index (κ1) is 23.8. The number of carbonyl (C=O) groups is 1. The van der Waals surface area contributed by atoms with Crippen LogP contribution in [0.15, 0.2) is 4.99 Å². The van der Waals surface area contributed by atoms with Crippen molar-refractivity contribution in [1.82, 2.24) is 20.0 Å². The lowest BCUT2D eigenvalue weighted by atomic mass is 10.2. The number of guanidine groups is 1. The molecule has 2 aliphatic rings. The van der Waals surface area contributed by atoms with Crippen molar-refractivity contribution in [3.8, 4) is 0 Å². The van der Waals surface area contributed by atoms with Crippen molar-refractivity contribution in [3.05, 3.63) is 0 Å². The molecular formula is C18H36IN5OS. The Bertz CT molecular complexity index is 451. The minimum Gasteiger partial charge on any atom is -0.357 e. The van der Waals surface area contributed by atoms with E-state index in [4.69, 9.17) is 4.99 Å². The molecule has 2 unspecified atom stereocenters. The zero-order chi connectivity index (χ0) is 18.2. The Morgan fingerprint density at radius 2 is 1.69 bits per heavy atom. The van der Waals surface area contributed by atoms with E-state index in [1.165, 1.54) is 0 Å². The minimum absolute atomic E-state index is 0. The first-order valence-corrected chi connectivity index (χ1v) is 10.9. The van der Waals surface area contributed by atoms with Gasteiger partial charge in [0.1, 0.15) is 0 Å². The molecule has 0 aromatic heterocycles. The molecule has 152 valence electrons. The van der Waals surface area contributed by atoms with Gasteiger partial charge in [-0.15, -0.1) is 24.0 Å². The number of hydrogen-bond donors (Lipinski definition) is 1. The Morgan fingerprint density at radius 3 is 2.23 bits per heavy atom. The highest BCUT2D eigenvalue weighted by atomic mass is 127. The van der Waals surface area contributed by atoms with Crippen molar-refractivity contribution in [2.24, 2.45) is 4.99 Å². The smallest absolute Gasteiger partial charge is 0.239 e. The fraction of sp³-hybridized carbons (Fsp3) is 0.889. The van der Waals surface area contributed by atoms with Crippen molar-refractivity contribution < 1.29 is 4.79 Å². The molecule has 0 aromatic carbocycles. The van der Waals surface area contributed by atoms with Gasteiger partial charge in [-0.25, -0.2) is 0 Å². The third-order valence-corrected chi connectivity index (χ3v) is 6.13. The fourth-order valence-corrected chi connectivity index (χ4v) is 3.62. The van der Waals surface area contributed by atoms with Crippen molar-refractivity contribution >= 4 is 47.6 Å². The van der Waals surface area contributed by atoms with Gasteiger partial charge in [0.2, 0.25) is 5.91 Å². The van der Waals surface area contributed by atoms with Gasteiger partial charge in [-0.3, -0.25) is 14.7 Å². The molecule has 0 bridgehead atoms. The molecule has 0 aromatic rings. The van der Waals surface area contributed by atoms with Crippen LogP contribution in [0.2, 0.25) is 0 Å². The lowest BCUT2D eigenvalue weighted by Gasteiger charge is -2.39. The molecule has 2 rings (SSSR count). The molecule has 2 atom stereocenters. The predicted octanol–water partition coefficient (Wildman–Crippen LogP) is 1.95. The lowest BCUT2D eigenvalue weighted by Crippen LogP contribution is -2.57. The maximum Gasteiger partial charge on any atom is 0.239 e. The molecule has 1 N–H and O–H groups in total. The van der Waals surface area contributed by atoms with Crippen molar-refractivity contribution in [3.63, 3.8) is 0 Å². The number of likely N-dealkylation sites (tertiary alicyclic amines) is 1. The average molecular weight is 497 g/mol. The summed E-state index contributed by atoms with van der Waals surface area (Å²) in [4.78, 5) is 24.1. The highest BCUT2D eigenvalue weighted by Gasteiger charge is 2.30. The number of rotatable bonds is 6. The monoisotopic (exact) mass is 497 g/mol. The van der Waals surface area contributed by atoms with Crippen LogP contribution in [0.1, 0.15) is 33.6 Å². The van der Waals surface area contributed by atoms with Gasteiger partial charge in [-0.1, -0.05) is 6.92 Å².